The largest absolute Gasteiger partial charge is 0.165 e. The van der Waals surface area contributed by atoms with Crippen molar-refractivity contribution in [3.63, 3.8) is 0 Å². The molecule has 0 radical (unpaired) electrons. The van der Waals surface area contributed by atoms with Crippen LogP contribution in [0.2, 0.25) is 0 Å². The first-order chi connectivity index (χ1) is 12.7. The molecule has 0 amide bonds. The van der Waals surface area contributed by atoms with Gasteiger partial charge in [0.1, 0.15) is 0 Å². The molecule has 0 unspecified atom stereocenters. The van der Waals surface area contributed by atoms with Crippen LogP contribution in [0.5, 0.6) is 0 Å². The fourth-order valence-corrected chi connectivity index (χ4v) is 3.75. The van der Waals surface area contributed by atoms with Gasteiger partial charge in [-0.3, -0.25) is 0 Å². The van der Waals surface area contributed by atoms with Crippen LogP contribution < -0.4 is 0 Å². The van der Waals surface area contributed by atoms with Crippen LogP contribution in [0.3, 0.4) is 0 Å². The van der Waals surface area contributed by atoms with Crippen molar-refractivity contribution in [2.45, 2.75) is 53.4 Å². The van der Waals surface area contributed by atoms with Gasteiger partial charge in [-0.1, -0.05) is 51.0 Å². The van der Waals surface area contributed by atoms with Crippen molar-refractivity contribution < 1.29 is 25.8 Å². The van der Waals surface area contributed by atoms with Crippen molar-refractivity contribution in [1.82, 2.24) is 0 Å². The molecule has 0 aliphatic rings. The van der Waals surface area contributed by atoms with Crippen LogP contribution in [0.4, 0.5) is 0 Å². The maximum Gasteiger partial charge on any atom is 0 e. The van der Waals surface area contributed by atoms with Gasteiger partial charge in [0, 0.05) is 25.8 Å². The third kappa shape index (κ3) is 4.88. The van der Waals surface area contributed by atoms with Crippen molar-refractivity contribution in [3.05, 3.63) is 82.9 Å². The number of hydrogen-bond acceptors (Lipinski definition) is 0. The Morgan fingerprint density at radius 1 is 0.593 bits per heavy atom. The molecule has 0 bridgehead atoms. The van der Waals surface area contributed by atoms with Gasteiger partial charge in [0.25, 0.3) is 0 Å². The number of rotatable bonds is 4. The minimum absolute atomic E-state index is 0. The first kappa shape index (κ1) is 21.8. The number of benzene rings is 2. The van der Waals surface area contributed by atoms with Crippen LogP contribution in [0, 0.1) is 0 Å². The van der Waals surface area contributed by atoms with Gasteiger partial charge < -0.3 is 0 Å². The van der Waals surface area contributed by atoms with Gasteiger partial charge in [-0.25, -0.2) is 0 Å². The van der Waals surface area contributed by atoms with E-state index in [2.05, 4.69) is 88.4 Å². The molecular weight excluding hydrogens is 491 g/mol. The summed E-state index contributed by atoms with van der Waals surface area (Å²) in [5, 5.41) is 5.69. The monoisotopic (exact) mass is 522 g/mol. The topological polar surface area (TPSA) is 0 Å². The zero-order valence-electron chi connectivity index (χ0n) is 17.1. The zero-order chi connectivity index (χ0) is 18.5. The molecule has 27 heavy (non-hydrogen) atoms. The van der Waals surface area contributed by atoms with Crippen LogP contribution >= 0.6 is 0 Å². The van der Waals surface area contributed by atoms with Crippen LogP contribution in [-0.2, 0) is 51.5 Å². The predicted octanol–water partition coefficient (Wildman–Crippen LogP) is 7.36. The molecule has 0 fully saturated rings. The molecule has 1 heteroatoms. The van der Waals surface area contributed by atoms with Gasteiger partial charge in [0.2, 0.25) is 0 Å². The quantitative estimate of drug-likeness (QED) is 0.195. The fourth-order valence-electron chi connectivity index (χ4n) is 3.75. The van der Waals surface area contributed by atoms with E-state index in [1.54, 1.807) is 0 Å². The van der Waals surface area contributed by atoms with E-state index in [1.165, 1.54) is 43.8 Å². The molecule has 0 aliphatic heterocycles. The second-order valence-electron chi connectivity index (χ2n) is 6.98. The maximum atomic E-state index is 2.33. The Bertz CT molecular complexity index is 902. The zero-order valence-corrected chi connectivity index (χ0v) is 20.7. The van der Waals surface area contributed by atoms with Crippen LogP contribution in [0.15, 0.2) is 60.7 Å². The minimum Gasteiger partial charge on any atom is -0.165 e. The molecule has 0 aliphatic carbocycles. The summed E-state index contributed by atoms with van der Waals surface area (Å²) in [4.78, 5) is 0. The second-order valence-corrected chi connectivity index (χ2v) is 6.98. The van der Waals surface area contributed by atoms with Crippen molar-refractivity contribution in [2.24, 2.45) is 0 Å². The Balaban J connectivity index is 0.000000187. The summed E-state index contributed by atoms with van der Waals surface area (Å²) in [7, 11) is 0. The first-order valence-corrected chi connectivity index (χ1v) is 10.0. The van der Waals surface area contributed by atoms with E-state index in [-0.39, 0.29) is 25.8 Å². The molecule has 0 N–H and O–H groups in total. The second kappa shape index (κ2) is 10.2. The van der Waals surface area contributed by atoms with Gasteiger partial charge in [-0.15, -0.1) is 69.1 Å². The molecule has 140 valence electrons. The van der Waals surface area contributed by atoms with E-state index in [0.717, 1.165) is 25.7 Å². The summed E-state index contributed by atoms with van der Waals surface area (Å²) < 4.78 is 0. The molecular formula is C26H30Hf-2. The van der Waals surface area contributed by atoms with Crippen LogP contribution in [-0.4, -0.2) is 0 Å². The average molecular weight is 521 g/mol. The molecule has 0 saturated heterocycles. The summed E-state index contributed by atoms with van der Waals surface area (Å²) >= 11 is 0. The van der Waals surface area contributed by atoms with E-state index in [1.807, 2.05) is 0 Å². The Labute approximate surface area is 183 Å². The van der Waals surface area contributed by atoms with Gasteiger partial charge in [0.05, 0.1) is 0 Å². The average Bonchev–Trinajstić information content (AvgIpc) is 3.31. The summed E-state index contributed by atoms with van der Waals surface area (Å²) in [6, 6.07) is 22.4. The van der Waals surface area contributed by atoms with E-state index in [4.69, 9.17) is 0 Å². The summed E-state index contributed by atoms with van der Waals surface area (Å²) in [5.41, 5.74) is 5.85. The van der Waals surface area contributed by atoms with E-state index >= 15 is 0 Å². The number of hydrogen-bond donors (Lipinski definition) is 0. The van der Waals surface area contributed by atoms with Crippen molar-refractivity contribution >= 4 is 21.5 Å². The van der Waals surface area contributed by atoms with Crippen molar-refractivity contribution in [2.75, 3.05) is 0 Å². The van der Waals surface area contributed by atoms with Crippen molar-refractivity contribution in [1.29, 1.82) is 0 Å². The minimum atomic E-state index is 0. The number of fused-ring (bicyclic) bond motifs is 2. The summed E-state index contributed by atoms with van der Waals surface area (Å²) in [5.74, 6) is 0. The molecule has 4 aromatic carbocycles. The molecule has 0 atom stereocenters. The normalized spacial score (nSPS) is 10.5. The Kier molecular flexibility index (Phi) is 8.23. The summed E-state index contributed by atoms with van der Waals surface area (Å²) in [6.07, 6.45) is 4.53. The Hall–Kier alpha value is -1.47. The maximum absolute atomic E-state index is 2.33. The van der Waals surface area contributed by atoms with E-state index in [9.17, 15) is 0 Å². The van der Waals surface area contributed by atoms with Gasteiger partial charge >= 0.3 is 0 Å². The van der Waals surface area contributed by atoms with E-state index in [0.29, 0.717) is 0 Å². The van der Waals surface area contributed by atoms with E-state index < -0.39 is 0 Å². The molecule has 0 aromatic heterocycles. The molecule has 4 rings (SSSR count). The third-order valence-corrected chi connectivity index (χ3v) is 5.38. The molecule has 0 spiro atoms. The third-order valence-electron chi connectivity index (χ3n) is 5.38. The standard InChI is InChI=1S/2C13H15.Hf/c2*1-3-10-8-12-7-5-6-11(4-2)13(12)9-10;/h2*5-9H,3-4H2,1-2H3;/q2*-1;. The Morgan fingerprint density at radius 3 is 1.33 bits per heavy atom. The Morgan fingerprint density at radius 2 is 1.00 bits per heavy atom. The molecule has 0 saturated carbocycles. The smallest absolute Gasteiger partial charge is 0 e. The van der Waals surface area contributed by atoms with Crippen LogP contribution in [0.25, 0.3) is 21.5 Å². The van der Waals surface area contributed by atoms with Crippen LogP contribution in [0.1, 0.15) is 49.9 Å². The van der Waals surface area contributed by atoms with Crippen molar-refractivity contribution in [3.8, 4) is 0 Å². The number of aryl methyl sites for hydroxylation is 4. The summed E-state index contributed by atoms with van der Waals surface area (Å²) in [6.45, 7) is 8.85. The van der Waals surface area contributed by atoms with Gasteiger partial charge in [-0.05, 0) is 25.7 Å². The van der Waals surface area contributed by atoms with Gasteiger partial charge in [-0.2, -0.15) is 12.1 Å². The molecule has 4 aromatic rings. The SMILES string of the molecule is CCc1cc2c(CC)cccc2[cH-]1.CCc1cc2c(CC)cccc2[cH-]1.[Hf]. The van der Waals surface area contributed by atoms with Gasteiger partial charge in [0.15, 0.2) is 0 Å². The fraction of sp³-hybridized carbons (Fsp3) is 0.308. The molecule has 0 nitrogen and oxygen atoms in total. The first-order valence-electron chi connectivity index (χ1n) is 10.0. The molecule has 0 heterocycles. The predicted molar refractivity (Wildman–Crippen MR) is 117 cm³/mol.